The fraction of sp³-hybridized carbons (Fsp3) is 0.667. The van der Waals surface area contributed by atoms with Gasteiger partial charge in [-0.25, -0.2) is 0 Å². The minimum atomic E-state index is -5.75. The van der Waals surface area contributed by atoms with E-state index in [4.69, 9.17) is 0 Å². The van der Waals surface area contributed by atoms with Gasteiger partial charge >= 0.3 is 15.6 Å². The Labute approximate surface area is 173 Å². The lowest BCUT2D eigenvalue weighted by Crippen LogP contribution is -2.48. The summed E-state index contributed by atoms with van der Waals surface area (Å²) in [6.45, 7) is 1.58. The average molecular weight is 443 g/mol. The minimum absolute atomic E-state index is 0.00887. The second-order valence-electron chi connectivity index (χ2n) is 9.23. The molecule has 0 radical (unpaired) electrons. The van der Waals surface area contributed by atoms with E-state index in [-0.39, 0.29) is 28.9 Å². The lowest BCUT2D eigenvalue weighted by Gasteiger charge is -2.44. The fourth-order valence-corrected chi connectivity index (χ4v) is 6.58. The molecule has 3 unspecified atom stereocenters. The van der Waals surface area contributed by atoms with Crippen LogP contribution >= 0.6 is 0 Å². The molecule has 164 valence electrons. The number of carbonyl (C=O) groups excluding carboxylic acids is 1. The summed E-state index contributed by atoms with van der Waals surface area (Å²) in [5.41, 5.74) is -4.65. The first-order chi connectivity index (χ1) is 14.1. The average Bonchev–Trinajstić information content (AvgIpc) is 2.93. The van der Waals surface area contributed by atoms with Gasteiger partial charge in [0.2, 0.25) is 0 Å². The normalized spacial score (nSPS) is 31.8. The van der Waals surface area contributed by atoms with Crippen molar-refractivity contribution in [2.24, 2.45) is 11.8 Å². The van der Waals surface area contributed by atoms with Crippen molar-refractivity contribution in [3.8, 4) is 5.75 Å². The maximum absolute atomic E-state index is 13.4. The molecule has 0 spiro atoms. The summed E-state index contributed by atoms with van der Waals surface area (Å²) >= 11 is 0. The van der Waals surface area contributed by atoms with Crippen LogP contribution in [0, 0.1) is 11.8 Å². The number of ketones is 1. The van der Waals surface area contributed by atoms with E-state index in [1.165, 1.54) is 31.4 Å². The lowest BCUT2D eigenvalue weighted by molar-refractivity contribution is -0.0500. The van der Waals surface area contributed by atoms with Crippen molar-refractivity contribution < 1.29 is 30.6 Å². The van der Waals surface area contributed by atoms with Gasteiger partial charge in [-0.05, 0) is 61.3 Å². The summed E-state index contributed by atoms with van der Waals surface area (Å²) in [7, 11) is -5.75. The van der Waals surface area contributed by atoms with E-state index >= 15 is 0 Å². The van der Waals surface area contributed by atoms with Crippen molar-refractivity contribution >= 4 is 15.9 Å². The van der Waals surface area contributed by atoms with Crippen LogP contribution in [0.4, 0.5) is 13.2 Å². The Morgan fingerprint density at radius 1 is 1.13 bits per heavy atom. The van der Waals surface area contributed by atoms with E-state index < -0.39 is 15.6 Å². The number of Topliss-reactive ketones (excluding diaryl/α,β-unsaturated/α-hetero) is 1. The molecule has 1 heterocycles. The summed E-state index contributed by atoms with van der Waals surface area (Å²) in [5.74, 6) is 0.360. The number of halogens is 3. The SMILES string of the molecule is O=C1c2ccc(OS(=O)(=O)C(F)(F)F)cc2C23CCCCC2C1N(CC1CCC1)C3. The molecule has 2 saturated carbocycles. The van der Waals surface area contributed by atoms with Crippen LogP contribution in [-0.2, 0) is 15.5 Å². The number of carbonyl (C=O) groups is 1. The molecule has 0 amide bonds. The number of rotatable bonds is 4. The topological polar surface area (TPSA) is 63.7 Å². The maximum Gasteiger partial charge on any atom is 0.534 e. The summed E-state index contributed by atoms with van der Waals surface area (Å²) in [6, 6.07) is 3.81. The second-order valence-corrected chi connectivity index (χ2v) is 10.8. The van der Waals surface area contributed by atoms with Crippen molar-refractivity contribution in [2.75, 3.05) is 13.1 Å². The molecule has 3 fully saturated rings. The monoisotopic (exact) mass is 443 g/mol. The summed E-state index contributed by atoms with van der Waals surface area (Å²) in [4.78, 5) is 15.7. The van der Waals surface area contributed by atoms with Gasteiger partial charge in [-0.3, -0.25) is 9.69 Å². The van der Waals surface area contributed by atoms with Gasteiger partial charge in [-0.2, -0.15) is 21.6 Å². The van der Waals surface area contributed by atoms with Crippen LogP contribution in [0.2, 0.25) is 0 Å². The molecule has 5 rings (SSSR count). The van der Waals surface area contributed by atoms with E-state index in [0.717, 1.165) is 38.3 Å². The predicted octanol–water partition coefficient (Wildman–Crippen LogP) is 4.02. The molecule has 2 bridgehead atoms. The van der Waals surface area contributed by atoms with Crippen molar-refractivity contribution in [3.05, 3.63) is 29.3 Å². The molecule has 1 aromatic carbocycles. The van der Waals surface area contributed by atoms with E-state index in [9.17, 15) is 26.4 Å². The Hall–Kier alpha value is -1.61. The quantitative estimate of drug-likeness (QED) is 0.520. The number of nitrogens with zero attached hydrogens (tertiary/aromatic N) is 1. The molecule has 1 aliphatic heterocycles. The largest absolute Gasteiger partial charge is 0.534 e. The van der Waals surface area contributed by atoms with Crippen LogP contribution in [-0.4, -0.2) is 43.7 Å². The van der Waals surface area contributed by atoms with Crippen LogP contribution in [0.3, 0.4) is 0 Å². The standard InChI is InChI=1S/C21H24F3NO4S/c22-21(23,24)30(27,28)29-14-7-8-15-17(10-14)20-9-2-1-6-16(20)18(19(15)26)25(12-20)11-13-4-3-5-13/h7-8,10,13,16,18H,1-6,9,11-12H2. The molecule has 1 aromatic rings. The molecule has 0 N–H and O–H groups in total. The van der Waals surface area contributed by atoms with Gasteiger partial charge in [0.15, 0.2) is 5.78 Å². The number of alkyl halides is 3. The summed E-state index contributed by atoms with van der Waals surface area (Å²) in [5, 5.41) is 0. The van der Waals surface area contributed by atoms with Gasteiger partial charge in [-0.1, -0.05) is 19.3 Å². The highest BCUT2D eigenvalue weighted by molar-refractivity contribution is 7.88. The highest BCUT2D eigenvalue weighted by Crippen LogP contribution is 2.57. The Morgan fingerprint density at radius 2 is 1.90 bits per heavy atom. The zero-order chi connectivity index (χ0) is 21.3. The van der Waals surface area contributed by atoms with E-state index in [1.807, 2.05) is 0 Å². The van der Waals surface area contributed by atoms with Crippen LogP contribution in [0.15, 0.2) is 18.2 Å². The highest BCUT2D eigenvalue weighted by Gasteiger charge is 2.60. The van der Waals surface area contributed by atoms with E-state index in [1.54, 1.807) is 0 Å². The first-order valence-electron chi connectivity index (χ1n) is 10.6. The van der Waals surface area contributed by atoms with Gasteiger partial charge in [0.05, 0.1) is 6.04 Å². The highest BCUT2D eigenvalue weighted by atomic mass is 32.2. The molecule has 3 aliphatic carbocycles. The second kappa shape index (κ2) is 6.69. The maximum atomic E-state index is 13.4. The van der Waals surface area contributed by atoms with Crippen molar-refractivity contribution in [1.82, 2.24) is 4.90 Å². The predicted molar refractivity (Wildman–Crippen MR) is 103 cm³/mol. The zero-order valence-electron chi connectivity index (χ0n) is 16.5. The van der Waals surface area contributed by atoms with Gasteiger partial charge < -0.3 is 4.18 Å². The van der Waals surface area contributed by atoms with Gasteiger partial charge in [0, 0.05) is 24.1 Å². The Morgan fingerprint density at radius 3 is 2.57 bits per heavy atom. The fourth-order valence-electron chi connectivity index (χ4n) is 6.13. The van der Waals surface area contributed by atoms with Gasteiger partial charge in [0.1, 0.15) is 5.75 Å². The smallest absolute Gasteiger partial charge is 0.376 e. The summed E-state index contributed by atoms with van der Waals surface area (Å²) in [6.07, 6.45) is 7.35. The molecule has 0 aromatic heterocycles. The number of hydrogen-bond donors (Lipinski definition) is 0. The van der Waals surface area contributed by atoms with Crippen molar-refractivity contribution in [1.29, 1.82) is 0 Å². The summed E-state index contributed by atoms with van der Waals surface area (Å²) < 4.78 is 65.7. The molecule has 30 heavy (non-hydrogen) atoms. The third-order valence-electron chi connectivity index (χ3n) is 7.63. The van der Waals surface area contributed by atoms with Gasteiger partial charge in [-0.15, -0.1) is 0 Å². The zero-order valence-corrected chi connectivity index (χ0v) is 17.3. The van der Waals surface area contributed by atoms with Crippen molar-refractivity contribution in [3.63, 3.8) is 0 Å². The molecule has 1 saturated heterocycles. The minimum Gasteiger partial charge on any atom is -0.376 e. The molecule has 5 nitrogen and oxygen atoms in total. The van der Waals surface area contributed by atoms with E-state index in [0.29, 0.717) is 23.6 Å². The third kappa shape index (κ3) is 2.92. The Bertz CT molecular complexity index is 988. The van der Waals surface area contributed by atoms with Crippen LogP contribution in [0.5, 0.6) is 5.75 Å². The van der Waals surface area contributed by atoms with Crippen LogP contribution < -0.4 is 4.18 Å². The molecule has 9 heteroatoms. The Balaban J connectivity index is 1.54. The Kier molecular flexibility index (Phi) is 4.53. The number of likely N-dealkylation sites (tertiary alicyclic amines) is 1. The lowest BCUT2D eigenvalue weighted by atomic mass is 9.58. The van der Waals surface area contributed by atoms with E-state index in [2.05, 4.69) is 9.08 Å². The van der Waals surface area contributed by atoms with Crippen molar-refractivity contribution in [2.45, 2.75) is 61.9 Å². The number of fused-ring (bicyclic) bond motifs is 1. The number of benzene rings is 1. The van der Waals surface area contributed by atoms with Crippen LogP contribution in [0.1, 0.15) is 60.9 Å². The van der Waals surface area contributed by atoms with Gasteiger partial charge in [0.25, 0.3) is 0 Å². The molecule has 3 atom stereocenters. The first kappa shape index (κ1) is 20.3. The number of hydrogen-bond acceptors (Lipinski definition) is 5. The molecular weight excluding hydrogens is 419 g/mol. The third-order valence-corrected chi connectivity index (χ3v) is 8.60. The molecule has 4 aliphatic rings. The molecular formula is C21H24F3NO4S. The first-order valence-corrected chi connectivity index (χ1v) is 12.0. The van der Waals surface area contributed by atoms with Crippen LogP contribution in [0.25, 0.3) is 0 Å².